The zero-order valence-corrected chi connectivity index (χ0v) is 13.8. The third-order valence-electron chi connectivity index (χ3n) is 3.62. The predicted octanol–water partition coefficient (Wildman–Crippen LogP) is 3.03. The molecule has 0 saturated heterocycles. The van der Waals surface area contributed by atoms with Crippen LogP contribution in [0.3, 0.4) is 0 Å². The van der Waals surface area contributed by atoms with Crippen molar-refractivity contribution in [3.8, 4) is 11.5 Å². The zero-order valence-electron chi connectivity index (χ0n) is 13.8. The maximum absolute atomic E-state index is 12.4. The number of carbonyl (C=O) groups excluding carboxylic acids is 2. The van der Waals surface area contributed by atoms with E-state index in [4.69, 9.17) is 15.4 Å². The summed E-state index contributed by atoms with van der Waals surface area (Å²) in [5.74, 6) is 5.47. The Balaban J connectivity index is 2.36. The molecular formula is C17H25NO5. The van der Waals surface area contributed by atoms with Gasteiger partial charge in [0.1, 0.15) is 17.1 Å². The summed E-state index contributed by atoms with van der Waals surface area (Å²) >= 11 is 0. The van der Waals surface area contributed by atoms with Gasteiger partial charge in [0.2, 0.25) is 0 Å². The Labute approximate surface area is 136 Å². The van der Waals surface area contributed by atoms with Gasteiger partial charge in [-0.2, -0.15) is 5.90 Å². The molecule has 6 nitrogen and oxygen atoms in total. The van der Waals surface area contributed by atoms with Gasteiger partial charge in [-0.1, -0.05) is 25.3 Å². The third-order valence-corrected chi connectivity index (χ3v) is 3.62. The summed E-state index contributed by atoms with van der Waals surface area (Å²) in [6.07, 6.45) is 5.15. The molecule has 0 aliphatic heterocycles. The molecule has 0 unspecified atom stereocenters. The smallest absolute Gasteiger partial charge is 0.324 e. The van der Waals surface area contributed by atoms with E-state index in [1.54, 1.807) is 18.2 Å². The lowest BCUT2D eigenvalue weighted by Gasteiger charge is -2.11. The van der Waals surface area contributed by atoms with Gasteiger partial charge in [0.25, 0.3) is 0 Å². The Hall–Kier alpha value is -2.08. The average Bonchev–Trinajstić information content (AvgIpc) is 2.59. The molecule has 0 atom stereocenters. The lowest BCUT2D eigenvalue weighted by molar-refractivity contribution is -0.144. The van der Waals surface area contributed by atoms with Crippen LogP contribution in [-0.4, -0.2) is 26.0 Å². The van der Waals surface area contributed by atoms with Crippen LogP contribution in [0.1, 0.15) is 55.3 Å². The van der Waals surface area contributed by atoms with Gasteiger partial charge in [0.15, 0.2) is 5.78 Å². The van der Waals surface area contributed by atoms with Gasteiger partial charge >= 0.3 is 5.97 Å². The summed E-state index contributed by atoms with van der Waals surface area (Å²) in [7, 11) is 3.08. The van der Waals surface area contributed by atoms with Gasteiger partial charge < -0.3 is 14.3 Å². The van der Waals surface area contributed by atoms with Gasteiger partial charge in [0, 0.05) is 12.8 Å². The fraction of sp³-hybridized carbons (Fsp3) is 0.529. The molecule has 0 spiro atoms. The average molecular weight is 323 g/mol. The highest BCUT2D eigenvalue weighted by Gasteiger charge is 2.17. The molecule has 0 aromatic heterocycles. The number of ketones is 1. The zero-order chi connectivity index (χ0) is 17.1. The van der Waals surface area contributed by atoms with E-state index in [2.05, 4.69) is 4.84 Å². The Kier molecular flexibility index (Phi) is 8.75. The maximum Gasteiger partial charge on any atom is 0.324 e. The van der Waals surface area contributed by atoms with Crippen molar-refractivity contribution >= 4 is 11.8 Å². The summed E-state index contributed by atoms with van der Waals surface area (Å²) in [5.41, 5.74) is 0.503. The van der Waals surface area contributed by atoms with Crippen molar-refractivity contribution in [3.63, 3.8) is 0 Å². The molecule has 128 valence electrons. The Morgan fingerprint density at radius 2 is 1.43 bits per heavy atom. The standard InChI is InChI=1S/C17H25NO5/c1-21-14-10-8-11-15(22-2)17(14)13(19)9-6-4-3-5-7-12-16(20)23-18/h8,10-11H,3-7,9,12,18H2,1-2H3. The summed E-state index contributed by atoms with van der Waals surface area (Å²) in [4.78, 5) is 27.3. The number of hydrogen-bond acceptors (Lipinski definition) is 6. The van der Waals surface area contributed by atoms with Crippen LogP contribution in [-0.2, 0) is 9.63 Å². The van der Waals surface area contributed by atoms with Crippen molar-refractivity contribution in [2.45, 2.75) is 44.9 Å². The summed E-state index contributed by atoms with van der Waals surface area (Å²) in [5, 5.41) is 0. The van der Waals surface area contributed by atoms with Crippen molar-refractivity contribution in [1.82, 2.24) is 0 Å². The minimum absolute atomic E-state index is 0.0195. The van der Waals surface area contributed by atoms with Crippen LogP contribution in [0.2, 0.25) is 0 Å². The van der Waals surface area contributed by atoms with E-state index in [-0.39, 0.29) is 11.8 Å². The number of carbonyl (C=O) groups is 2. The fourth-order valence-electron chi connectivity index (χ4n) is 2.40. The van der Waals surface area contributed by atoms with E-state index < -0.39 is 0 Å². The van der Waals surface area contributed by atoms with Crippen molar-refractivity contribution in [2.75, 3.05) is 14.2 Å². The van der Waals surface area contributed by atoms with Gasteiger partial charge in [-0.25, -0.2) is 0 Å². The first-order valence-corrected chi connectivity index (χ1v) is 7.77. The van der Waals surface area contributed by atoms with Gasteiger partial charge in [-0.05, 0) is 25.0 Å². The second kappa shape index (κ2) is 10.6. The molecule has 6 heteroatoms. The first-order valence-electron chi connectivity index (χ1n) is 7.77. The molecule has 2 N–H and O–H groups in total. The first-order chi connectivity index (χ1) is 11.1. The Morgan fingerprint density at radius 3 is 1.96 bits per heavy atom. The quantitative estimate of drug-likeness (QED) is 0.382. The second-order valence-electron chi connectivity index (χ2n) is 5.22. The Morgan fingerprint density at radius 1 is 0.913 bits per heavy atom. The fourth-order valence-corrected chi connectivity index (χ4v) is 2.40. The van der Waals surface area contributed by atoms with Crippen molar-refractivity contribution in [1.29, 1.82) is 0 Å². The number of benzene rings is 1. The minimum Gasteiger partial charge on any atom is -0.496 e. The summed E-state index contributed by atoms with van der Waals surface area (Å²) in [6, 6.07) is 5.30. The molecule has 1 aromatic carbocycles. The number of nitrogens with two attached hydrogens (primary N) is 1. The van der Waals surface area contributed by atoms with Gasteiger partial charge in [-0.15, -0.1) is 0 Å². The normalized spacial score (nSPS) is 10.2. The maximum atomic E-state index is 12.4. The van der Waals surface area contributed by atoms with Crippen LogP contribution in [0.25, 0.3) is 0 Å². The van der Waals surface area contributed by atoms with E-state index in [1.807, 2.05) is 0 Å². The lowest BCUT2D eigenvalue weighted by atomic mass is 10.0. The Bertz CT molecular complexity index is 493. The lowest BCUT2D eigenvalue weighted by Crippen LogP contribution is -2.09. The van der Waals surface area contributed by atoms with E-state index >= 15 is 0 Å². The topological polar surface area (TPSA) is 87.8 Å². The van der Waals surface area contributed by atoms with E-state index in [0.29, 0.717) is 29.9 Å². The van der Waals surface area contributed by atoms with E-state index in [0.717, 1.165) is 32.1 Å². The van der Waals surface area contributed by atoms with Crippen LogP contribution < -0.4 is 15.4 Å². The van der Waals surface area contributed by atoms with Gasteiger partial charge in [-0.3, -0.25) is 9.59 Å². The molecule has 23 heavy (non-hydrogen) atoms. The summed E-state index contributed by atoms with van der Waals surface area (Å²) < 4.78 is 10.5. The van der Waals surface area contributed by atoms with Crippen LogP contribution in [0.15, 0.2) is 18.2 Å². The minimum atomic E-state index is -0.386. The van der Waals surface area contributed by atoms with Crippen LogP contribution in [0.4, 0.5) is 0 Å². The molecule has 0 heterocycles. The van der Waals surface area contributed by atoms with Crippen molar-refractivity contribution in [2.24, 2.45) is 5.90 Å². The van der Waals surface area contributed by atoms with Crippen LogP contribution in [0, 0.1) is 0 Å². The molecule has 0 radical (unpaired) electrons. The molecule has 1 rings (SSSR count). The molecule has 0 bridgehead atoms. The molecule has 0 saturated carbocycles. The highest BCUT2D eigenvalue weighted by atomic mass is 16.7. The monoisotopic (exact) mass is 323 g/mol. The van der Waals surface area contributed by atoms with Crippen molar-refractivity contribution < 1.29 is 23.9 Å². The summed E-state index contributed by atoms with van der Waals surface area (Å²) in [6.45, 7) is 0. The van der Waals surface area contributed by atoms with Crippen LogP contribution >= 0.6 is 0 Å². The molecule has 0 fully saturated rings. The van der Waals surface area contributed by atoms with E-state index in [1.165, 1.54) is 14.2 Å². The highest BCUT2D eigenvalue weighted by molar-refractivity contribution is 6.01. The molecule has 0 aliphatic rings. The molecular weight excluding hydrogens is 298 g/mol. The van der Waals surface area contributed by atoms with Crippen molar-refractivity contribution in [3.05, 3.63) is 23.8 Å². The van der Waals surface area contributed by atoms with Crippen LogP contribution in [0.5, 0.6) is 11.5 Å². The number of hydrogen-bond donors (Lipinski definition) is 1. The first kappa shape index (κ1) is 19.0. The second-order valence-corrected chi connectivity index (χ2v) is 5.22. The number of methoxy groups -OCH3 is 2. The van der Waals surface area contributed by atoms with Gasteiger partial charge in [0.05, 0.1) is 14.2 Å². The SMILES string of the molecule is COc1cccc(OC)c1C(=O)CCCCCCCC(=O)ON. The largest absolute Gasteiger partial charge is 0.496 e. The molecule has 0 amide bonds. The highest BCUT2D eigenvalue weighted by Crippen LogP contribution is 2.30. The molecule has 1 aromatic rings. The number of Topliss-reactive ketones (excluding diaryl/α,β-unsaturated/α-hetero) is 1. The van der Waals surface area contributed by atoms with E-state index in [9.17, 15) is 9.59 Å². The number of rotatable bonds is 11. The third kappa shape index (κ3) is 6.28. The number of unbranched alkanes of at least 4 members (excludes halogenated alkanes) is 4. The number of ether oxygens (including phenoxy) is 2. The predicted molar refractivity (Wildman–Crippen MR) is 86.5 cm³/mol. The molecule has 0 aliphatic carbocycles.